The second-order valence-electron chi connectivity index (χ2n) is 12.8. The van der Waals surface area contributed by atoms with Gasteiger partial charge in [-0.05, 0) is 137 Å². The van der Waals surface area contributed by atoms with Crippen LogP contribution in [0.25, 0.3) is 0 Å². The highest BCUT2D eigenvalue weighted by atomic mass is 79.9. The number of fused-ring (bicyclic) bond motifs is 1. The minimum Gasteiger partial charge on any atom is -0.497 e. The van der Waals surface area contributed by atoms with E-state index in [1.54, 1.807) is 35.5 Å². The molecule has 3 N–H and O–H groups in total. The second-order valence-corrected chi connectivity index (χ2v) is 15.5. The molecule has 1 aliphatic rings. The van der Waals surface area contributed by atoms with Crippen molar-refractivity contribution < 1.29 is 23.7 Å². The molecule has 0 bridgehead atoms. The van der Waals surface area contributed by atoms with E-state index >= 15 is 0 Å². The molecule has 1 aliphatic heterocycles. The molecule has 0 unspecified atom stereocenters. The highest BCUT2D eigenvalue weighted by molar-refractivity contribution is 9.09. The summed E-state index contributed by atoms with van der Waals surface area (Å²) < 4.78 is 25.7. The number of benzene rings is 5. The first-order chi connectivity index (χ1) is 27.4. The van der Waals surface area contributed by atoms with Crippen molar-refractivity contribution in [1.29, 1.82) is 0 Å². The van der Waals surface area contributed by atoms with Gasteiger partial charge in [0.25, 0.3) is 0 Å². The summed E-state index contributed by atoms with van der Waals surface area (Å²) in [4.78, 5) is 0. The van der Waals surface area contributed by atoms with Gasteiger partial charge in [0.15, 0.2) is 0 Å². The van der Waals surface area contributed by atoms with E-state index in [1.165, 1.54) is 44.5 Å². The molecule has 0 saturated carbocycles. The Morgan fingerprint density at radius 2 is 0.965 bits per heavy atom. The van der Waals surface area contributed by atoms with Gasteiger partial charge >= 0.3 is 0 Å². The molecular formula is C44H50Br2Cl4N2O5. The van der Waals surface area contributed by atoms with Gasteiger partial charge < -0.3 is 34.7 Å². The van der Waals surface area contributed by atoms with Gasteiger partial charge in [-0.25, -0.2) is 0 Å². The maximum absolute atomic E-state index is 6.14. The van der Waals surface area contributed by atoms with E-state index in [0.717, 1.165) is 65.2 Å². The van der Waals surface area contributed by atoms with Crippen molar-refractivity contribution in [2.75, 3.05) is 35.5 Å². The number of hydrogen-bond acceptors (Lipinski definition) is 7. The molecule has 0 saturated heterocycles. The molecule has 0 amide bonds. The summed E-state index contributed by atoms with van der Waals surface area (Å²) in [5.41, 5.74) is 16.6. The molecule has 0 aliphatic carbocycles. The first kappa shape index (κ1) is 48.5. The summed E-state index contributed by atoms with van der Waals surface area (Å²) in [5, 5.41) is 7.49. The molecule has 13 heteroatoms. The largest absolute Gasteiger partial charge is 0.497 e. The fourth-order valence-electron chi connectivity index (χ4n) is 5.69. The van der Waals surface area contributed by atoms with Crippen molar-refractivity contribution in [3.05, 3.63) is 143 Å². The third-order valence-corrected chi connectivity index (χ3v) is 11.6. The number of rotatable bonds is 11. The highest BCUT2D eigenvalue weighted by Gasteiger charge is 2.13. The van der Waals surface area contributed by atoms with Crippen molar-refractivity contribution in [3.63, 3.8) is 0 Å². The number of methoxy groups -OCH3 is 5. The molecule has 0 radical (unpaired) electrons. The summed E-state index contributed by atoms with van der Waals surface area (Å²) in [5.74, 6) is 3.79. The normalized spacial score (nSPS) is 11.1. The summed E-state index contributed by atoms with van der Waals surface area (Å²) in [6, 6.07) is 23.7. The van der Waals surface area contributed by atoms with E-state index < -0.39 is 0 Å². The van der Waals surface area contributed by atoms with Crippen molar-refractivity contribution in [2.45, 2.75) is 57.0 Å². The molecule has 5 aromatic carbocycles. The van der Waals surface area contributed by atoms with Gasteiger partial charge in [0.1, 0.15) is 28.7 Å². The molecule has 1 heterocycles. The zero-order valence-electron chi connectivity index (χ0n) is 33.3. The Hall–Kier alpha value is -2.86. The number of nitrogens with one attached hydrogen (secondary N) is 1. The molecule has 0 fully saturated rings. The van der Waals surface area contributed by atoms with Crippen LogP contribution < -0.4 is 34.7 Å². The summed E-state index contributed by atoms with van der Waals surface area (Å²) in [7, 11) is 8.16. The topological polar surface area (TPSA) is 84.2 Å². The van der Waals surface area contributed by atoms with Crippen molar-refractivity contribution in [3.8, 4) is 28.7 Å². The molecule has 0 aromatic heterocycles. The van der Waals surface area contributed by atoms with Crippen LogP contribution >= 0.6 is 78.3 Å². The van der Waals surface area contributed by atoms with Gasteiger partial charge in [-0.3, -0.25) is 0 Å². The monoisotopic (exact) mass is 984 g/mol. The zero-order chi connectivity index (χ0) is 42.1. The van der Waals surface area contributed by atoms with E-state index in [9.17, 15) is 0 Å². The second kappa shape index (κ2) is 24.9. The highest BCUT2D eigenvalue weighted by Crippen LogP contribution is 2.32. The Bertz CT molecular complexity index is 2050. The average molecular weight is 989 g/mol. The predicted octanol–water partition coefficient (Wildman–Crippen LogP) is 12.7. The van der Waals surface area contributed by atoms with Crippen LogP contribution in [-0.4, -0.2) is 35.5 Å². The Morgan fingerprint density at radius 1 is 0.526 bits per heavy atom. The summed E-state index contributed by atoms with van der Waals surface area (Å²) in [6.45, 7) is 6.37. The SMILES string of the molecule is COc1cc(C)c(C)cc1Cl.COc1cc(CBr)c(CBr)cc1Cl.COc1cc2c(cc1Cl)CNC2.COc1ccc(CCc2cc(OC)c(Cl)cc2CN)cc1. The molecule has 0 atom stereocenters. The van der Waals surface area contributed by atoms with Crippen LogP contribution in [0, 0.1) is 13.8 Å². The Morgan fingerprint density at radius 3 is 1.49 bits per heavy atom. The lowest BCUT2D eigenvalue weighted by Crippen LogP contribution is -2.04. The van der Waals surface area contributed by atoms with Crippen LogP contribution in [-0.2, 0) is 43.1 Å². The van der Waals surface area contributed by atoms with E-state index in [4.69, 9.17) is 75.8 Å². The molecule has 6 rings (SSSR count). The first-order valence-electron chi connectivity index (χ1n) is 17.9. The van der Waals surface area contributed by atoms with E-state index in [2.05, 4.69) is 49.3 Å². The third-order valence-electron chi connectivity index (χ3n) is 9.17. The smallest absolute Gasteiger partial charge is 0.137 e. The van der Waals surface area contributed by atoms with Crippen molar-refractivity contribution in [2.24, 2.45) is 5.73 Å². The summed E-state index contributed by atoms with van der Waals surface area (Å²) in [6.07, 6.45) is 1.83. The Labute approximate surface area is 374 Å². The standard InChI is InChI=1S/C17H20ClNO2.C9H9Br2ClO.C9H10ClNO.C9H11ClO/c1-20-15-7-4-12(5-8-15)3-6-13-10-17(21-2)16(18)9-14(13)11-19;1-13-9-3-7(5-11)6(4-10)2-8(9)12;1-12-9-3-7-5-11-4-6(7)2-8(9)10;1-6-4-8(10)9(11-3)5-7(6)2/h4-5,7-10H,3,6,11,19H2,1-2H3;2-3H,4-5H2,1H3;2-3,11H,4-5H2,1H3;4-5H,1-3H3. The molecule has 0 spiro atoms. The number of aryl methyl sites for hydroxylation is 4. The lowest BCUT2D eigenvalue weighted by molar-refractivity contribution is 0.414. The Balaban J connectivity index is 0.000000212. The van der Waals surface area contributed by atoms with Crippen molar-refractivity contribution >= 4 is 78.3 Å². The van der Waals surface area contributed by atoms with Crippen molar-refractivity contribution in [1.82, 2.24) is 5.32 Å². The maximum atomic E-state index is 6.14. The molecule has 5 aromatic rings. The van der Waals surface area contributed by atoms with Crippen LogP contribution in [0.4, 0.5) is 0 Å². The lowest BCUT2D eigenvalue weighted by atomic mass is 9.99. The lowest BCUT2D eigenvalue weighted by Gasteiger charge is -2.12. The molecule has 308 valence electrons. The minimum absolute atomic E-state index is 0.474. The maximum Gasteiger partial charge on any atom is 0.137 e. The van der Waals surface area contributed by atoms with Crippen LogP contribution in [0.15, 0.2) is 72.8 Å². The van der Waals surface area contributed by atoms with Gasteiger partial charge in [0, 0.05) is 30.3 Å². The van der Waals surface area contributed by atoms with Gasteiger partial charge in [0.05, 0.1) is 55.6 Å². The third kappa shape index (κ3) is 14.4. The van der Waals surface area contributed by atoms with Crippen LogP contribution in [0.2, 0.25) is 20.1 Å². The van der Waals surface area contributed by atoms with Crippen LogP contribution in [0.5, 0.6) is 28.7 Å². The Kier molecular flexibility index (Phi) is 21.2. The van der Waals surface area contributed by atoms with Gasteiger partial charge in [-0.2, -0.15) is 0 Å². The number of ether oxygens (including phenoxy) is 5. The van der Waals surface area contributed by atoms with Gasteiger partial charge in [0.2, 0.25) is 0 Å². The molecular weight excluding hydrogens is 938 g/mol. The van der Waals surface area contributed by atoms with E-state index in [-0.39, 0.29) is 0 Å². The number of hydrogen-bond donors (Lipinski definition) is 2. The fraction of sp³-hybridized carbons (Fsp3) is 0.318. The van der Waals surface area contributed by atoms with E-state index in [1.807, 2.05) is 74.5 Å². The van der Waals surface area contributed by atoms with Gasteiger partial charge in [-0.1, -0.05) is 90.4 Å². The molecule has 57 heavy (non-hydrogen) atoms. The first-order valence-corrected chi connectivity index (χ1v) is 21.6. The number of halogens is 6. The zero-order valence-corrected chi connectivity index (χ0v) is 39.5. The number of nitrogens with two attached hydrogens (primary N) is 1. The predicted molar refractivity (Wildman–Crippen MR) is 246 cm³/mol. The van der Waals surface area contributed by atoms with E-state index in [0.29, 0.717) is 32.4 Å². The minimum atomic E-state index is 0.474. The average Bonchev–Trinajstić information content (AvgIpc) is 3.69. The quantitative estimate of drug-likeness (QED) is 0.128. The fourth-order valence-corrected chi connectivity index (χ4v) is 7.82. The summed E-state index contributed by atoms with van der Waals surface area (Å²) >= 11 is 30.8. The van der Waals surface area contributed by atoms with Gasteiger partial charge in [-0.15, -0.1) is 0 Å². The van der Waals surface area contributed by atoms with Crippen LogP contribution in [0.3, 0.4) is 0 Å². The number of alkyl halides is 2. The van der Waals surface area contributed by atoms with Crippen LogP contribution in [0.1, 0.15) is 50.1 Å². The molecule has 7 nitrogen and oxygen atoms in total.